The van der Waals surface area contributed by atoms with E-state index in [0.29, 0.717) is 13.1 Å². The zero-order chi connectivity index (χ0) is 12.7. The summed E-state index contributed by atoms with van der Waals surface area (Å²) < 4.78 is 0. The third-order valence-corrected chi connectivity index (χ3v) is 2.13. The van der Waals surface area contributed by atoms with E-state index >= 15 is 0 Å². The second kappa shape index (κ2) is 6.87. The Balaban J connectivity index is 4.21. The number of nitrogens with zero attached hydrogens (tertiary/aromatic N) is 1. The van der Waals surface area contributed by atoms with Gasteiger partial charge in [0, 0.05) is 19.6 Å². The molecule has 2 N–H and O–H groups in total. The van der Waals surface area contributed by atoms with Gasteiger partial charge < -0.3 is 15.3 Å². The predicted molar refractivity (Wildman–Crippen MR) is 62.3 cm³/mol. The molecule has 5 nitrogen and oxygen atoms in total. The third-order valence-electron chi connectivity index (χ3n) is 2.13. The summed E-state index contributed by atoms with van der Waals surface area (Å²) in [7, 11) is 0. The average Bonchev–Trinajstić information content (AvgIpc) is 2.21. The number of hydrogen-bond donors (Lipinski definition) is 2. The SMILES string of the molecule is C=C(C)CNC(=O)N(CC)CC(C)C(=O)O. The number of carbonyl (C=O) groups is 2. The molecule has 0 rings (SSSR count). The summed E-state index contributed by atoms with van der Waals surface area (Å²) >= 11 is 0. The molecule has 0 saturated carbocycles. The molecule has 0 aromatic carbocycles. The van der Waals surface area contributed by atoms with Crippen LogP contribution >= 0.6 is 0 Å². The first-order chi connectivity index (χ1) is 7.38. The molecule has 0 aliphatic heterocycles. The largest absolute Gasteiger partial charge is 0.481 e. The fourth-order valence-corrected chi connectivity index (χ4v) is 1.10. The van der Waals surface area contributed by atoms with Crippen LogP contribution in [-0.4, -0.2) is 41.6 Å². The van der Waals surface area contributed by atoms with Gasteiger partial charge in [0.05, 0.1) is 5.92 Å². The normalized spacial score (nSPS) is 11.7. The molecule has 0 fully saturated rings. The van der Waals surface area contributed by atoms with E-state index in [1.54, 1.807) is 6.92 Å². The smallest absolute Gasteiger partial charge is 0.317 e. The Hall–Kier alpha value is -1.52. The highest BCUT2D eigenvalue weighted by molar-refractivity contribution is 5.76. The van der Waals surface area contributed by atoms with Crippen LogP contribution in [0.1, 0.15) is 20.8 Å². The van der Waals surface area contributed by atoms with E-state index in [0.717, 1.165) is 5.57 Å². The molecule has 0 aliphatic rings. The summed E-state index contributed by atoms with van der Waals surface area (Å²) in [6.45, 7) is 10.0. The van der Waals surface area contributed by atoms with Crippen LogP contribution in [0.25, 0.3) is 0 Å². The molecule has 0 aliphatic carbocycles. The van der Waals surface area contributed by atoms with Crippen LogP contribution in [0.3, 0.4) is 0 Å². The van der Waals surface area contributed by atoms with Crippen LogP contribution in [0, 0.1) is 5.92 Å². The number of carboxylic acids is 1. The second-order valence-corrected chi connectivity index (χ2v) is 3.89. The molecule has 0 aromatic heterocycles. The summed E-state index contributed by atoms with van der Waals surface area (Å²) in [5.74, 6) is -1.46. The number of hydrogen-bond acceptors (Lipinski definition) is 2. The van der Waals surface area contributed by atoms with Crippen molar-refractivity contribution in [2.24, 2.45) is 5.92 Å². The number of nitrogens with one attached hydrogen (secondary N) is 1. The topological polar surface area (TPSA) is 69.6 Å². The predicted octanol–water partition coefficient (Wildman–Crippen LogP) is 1.31. The van der Waals surface area contributed by atoms with Crippen molar-refractivity contribution in [3.05, 3.63) is 12.2 Å². The third kappa shape index (κ3) is 5.38. The first-order valence-electron chi connectivity index (χ1n) is 5.28. The van der Waals surface area contributed by atoms with Crippen molar-refractivity contribution in [3.63, 3.8) is 0 Å². The lowest BCUT2D eigenvalue weighted by Crippen LogP contribution is -2.43. The van der Waals surface area contributed by atoms with Crippen molar-refractivity contribution in [1.29, 1.82) is 0 Å². The van der Waals surface area contributed by atoms with Crippen LogP contribution in [0.4, 0.5) is 4.79 Å². The molecular formula is C11H20N2O3. The highest BCUT2D eigenvalue weighted by atomic mass is 16.4. The van der Waals surface area contributed by atoms with Crippen molar-refractivity contribution in [3.8, 4) is 0 Å². The maximum atomic E-state index is 11.6. The van der Waals surface area contributed by atoms with Crippen molar-refractivity contribution in [2.75, 3.05) is 19.6 Å². The van der Waals surface area contributed by atoms with Crippen molar-refractivity contribution in [2.45, 2.75) is 20.8 Å². The molecule has 0 aromatic rings. The van der Waals surface area contributed by atoms with Crippen LogP contribution in [0.5, 0.6) is 0 Å². The van der Waals surface area contributed by atoms with Gasteiger partial charge in [0.15, 0.2) is 0 Å². The lowest BCUT2D eigenvalue weighted by atomic mass is 10.2. The van der Waals surface area contributed by atoms with Gasteiger partial charge in [-0.05, 0) is 13.8 Å². The van der Waals surface area contributed by atoms with Crippen molar-refractivity contribution < 1.29 is 14.7 Å². The van der Waals surface area contributed by atoms with E-state index in [9.17, 15) is 9.59 Å². The molecule has 0 saturated heterocycles. The van der Waals surface area contributed by atoms with Gasteiger partial charge in [0.1, 0.15) is 0 Å². The van der Waals surface area contributed by atoms with Gasteiger partial charge in [-0.2, -0.15) is 0 Å². The van der Waals surface area contributed by atoms with Crippen LogP contribution < -0.4 is 5.32 Å². The zero-order valence-electron chi connectivity index (χ0n) is 10.1. The zero-order valence-corrected chi connectivity index (χ0v) is 10.1. The molecule has 92 valence electrons. The highest BCUT2D eigenvalue weighted by Gasteiger charge is 2.18. The molecule has 0 radical (unpaired) electrons. The Morgan fingerprint density at radius 2 is 2.06 bits per heavy atom. The number of urea groups is 1. The van der Waals surface area contributed by atoms with E-state index in [-0.39, 0.29) is 12.6 Å². The van der Waals surface area contributed by atoms with Crippen molar-refractivity contribution in [1.82, 2.24) is 10.2 Å². The summed E-state index contributed by atoms with van der Waals surface area (Å²) in [5, 5.41) is 11.4. The molecule has 16 heavy (non-hydrogen) atoms. The van der Waals surface area contributed by atoms with Gasteiger partial charge in [0.25, 0.3) is 0 Å². The maximum Gasteiger partial charge on any atom is 0.317 e. The maximum absolute atomic E-state index is 11.6. The summed E-state index contributed by atoms with van der Waals surface area (Å²) in [4.78, 5) is 23.8. The van der Waals surface area contributed by atoms with Crippen LogP contribution in [0.2, 0.25) is 0 Å². The van der Waals surface area contributed by atoms with Crippen LogP contribution in [0.15, 0.2) is 12.2 Å². The summed E-state index contributed by atoms with van der Waals surface area (Å²) in [6.07, 6.45) is 0. The summed E-state index contributed by atoms with van der Waals surface area (Å²) in [6, 6.07) is -0.251. The van der Waals surface area contributed by atoms with Gasteiger partial charge in [0.2, 0.25) is 0 Å². The molecule has 1 atom stereocenters. The van der Waals surface area contributed by atoms with E-state index in [2.05, 4.69) is 11.9 Å². The number of rotatable bonds is 6. The van der Waals surface area contributed by atoms with Gasteiger partial charge in [-0.25, -0.2) is 4.79 Å². The summed E-state index contributed by atoms with van der Waals surface area (Å²) in [5.41, 5.74) is 0.857. The minimum atomic E-state index is -0.897. The molecule has 0 bridgehead atoms. The molecule has 0 spiro atoms. The fourth-order valence-electron chi connectivity index (χ4n) is 1.10. The quantitative estimate of drug-likeness (QED) is 0.673. The molecule has 0 heterocycles. The Labute approximate surface area is 96.1 Å². The van der Waals surface area contributed by atoms with E-state index in [4.69, 9.17) is 5.11 Å². The molecule has 2 amide bonds. The minimum absolute atomic E-state index is 0.216. The molecule has 1 unspecified atom stereocenters. The van der Waals surface area contributed by atoms with Gasteiger partial charge >= 0.3 is 12.0 Å². The number of amides is 2. The lowest BCUT2D eigenvalue weighted by molar-refractivity contribution is -0.141. The van der Waals surface area contributed by atoms with Gasteiger partial charge in [-0.1, -0.05) is 19.1 Å². The monoisotopic (exact) mass is 228 g/mol. The van der Waals surface area contributed by atoms with E-state index in [1.807, 2.05) is 13.8 Å². The van der Waals surface area contributed by atoms with E-state index in [1.165, 1.54) is 4.90 Å². The Morgan fingerprint density at radius 3 is 2.44 bits per heavy atom. The second-order valence-electron chi connectivity index (χ2n) is 3.89. The minimum Gasteiger partial charge on any atom is -0.481 e. The molecular weight excluding hydrogens is 208 g/mol. The Kier molecular flexibility index (Phi) is 6.22. The lowest BCUT2D eigenvalue weighted by Gasteiger charge is -2.23. The number of carboxylic acid groups (broad SMARTS) is 1. The first-order valence-corrected chi connectivity index (χ1v) is 5.28. The standard InChI is InChI=1S/C11H20N2O3/c1-5-13(7-9(4)10(14)15)11(16)12-6-8(2)3/h9H,2,5-7H2,1,3-4H3,(H,12,16)(H,14,15). The van der Waals surface area contributed by atoms with Crippen LogP contribution in [-0.2, 0) is 4.79 Å². The number of carbonyl (C=O) groups excluding carboxylic acids is 1. The van der Waals surface area contributed by atoms with Gasteiger partial charge in [-0.15, -0.1) is 0 Å². The van der Waals surface area contributed by atoms with Gasteiger partial charge in [-0.3, -0.25) is 4.79 Å². The average molecular weight is 228 g/mol. The molecule has 5 heteroatoms. The first kappa shape index (κ1) is 14.5. The highest BCUT2D eigenvalue weighted by Crippen LogP contribution is 2.00. The Morgan fingerprint density at radius 1 is 1.50 bits per heavy atom. The van der Waals surface area contributed by atoms with E-state index < -0.39 is 11.9 Å². The Bertz CT molecular complexity index is 276. The van der Waals surface area contributed by atoms with Crippen molar-refractivity contribution >= 4 is 12.0 Å². The number of aliphatic carboxylic acids is 1. The fraction of sp³-hybridized carbons (Fsp3) is 0.636.